The summed E-state index contributed by atoms with van der Waals surface area (Å²) in [7, 11) is 0. The minimum atomic E-state index is -0.423. The van der Waals surface area contributed by atoms with Crippen LogP contribution in [0.3, 0.4) is 0 Å². The van der Waals surface area contributed by atoms with Gasteiger partial charge in [-0.05, 0) is 77.7 Å². The third-order valence-electron chi connectivity index (χ3n) is 5.14. The zero-order valence-electron chi connectivity index (χ0n) is 15.5. The number of ether oxygens (including phenoxy) is 1. The molecule has 2 rings (SSSR count). The molecule has 4 atom stereocenters. The van der Waals surface area contributed by atoms with E-state index in [1.807, 2.05) is 20.8 Å². The van der Waals surface area contributed by atoms with Gasteiger partial charge >= 0.3 is 6.09 Å². The van der Waals surface area contributed by atoms with E-state index >= 15 is 0 Å². The standard InChI is InChI=1S/C19H36N2O2/c1-14-7-5-8-15(11-14)13-20-16-9-6-10-17(12-16)21-18(22)23-19(2,3)4/h14-17,20H,5-13H2,1-4H3,(H,21,22). The van der Waals surface area contributed by atoms with Crippen LogP contribution in [0.5, 0.6) is 0 Å². The number of hydrogen-bond donors (Lipinski definition) is 2. The minimum Gasteiger partial charge on any atom is -0.444 e. The lowest BCUT2D eigenvalue weighted by Gasteiger charge is -2.33. The Balaban J connectivity index is 1.69. The predicted molar refractivity (Wildman–Crippen MR) is 94.5 cm³/mol. The average molecular weight is 325 g/mol. The molecule has 0 saturated heterocycles. The minimum absolute atomic E-state index is 0.251. The van der Waals surface area contributed by atoms with Crippen molar-refractivity contribution in [1.29, 1.82) is 0 Å². The molecule has 0 bridgehead atoms. The molecule has 2 fully saturated rings. The van der Waals surface area contributed by atoms with Gasteiger partial charge in [0.15, 0.2) is 0 Å². The van der Waals surface area contributed by atoms with E-state index in [-0.39, 0.29) is 12.1 Å². The molecule has 134 valence electrons. The second-order valence-corrected chi connectivity index (χ2v) is 8.75. The van der Waals surface area contributed by atoms with E-state index in [9.17, 15) is 4.79 Å². The monoisotopic (exact) mass is 324 g/mol. The van der Waals surface area contributed by atoms with Gasteiger partial charge in [-0.25, -0.2) is 4.79 Å². The molecule has 2 saturated carbocycles. The Kier molecular flexibility index (Phi) is 6.75. The van der Waals surface area contributed by atoms with Crippen LogP contribution in [-0.2, 0) is 4.74 Å². The first-order chi connectivity index (χ1) is 10.8. The molecule has 0 aliphatic heterocycles. The summed E-state index contributed by atoms with van der Waals surface area (Å²) in [6, 6.07) is 0.794. The fraction of sp³-hybridized carbons (Fsp3) is 0.947. The van der Waals surface area contributed by atoms with Gasteiger partial charge < -0.3 is 15.4 Å². The Morgan fingerprint density at radius 3 is 2.43 bits per heavy atom. The van der Waals surface area contributed by atoms with Crippen molar-refractivity contribution in [2.45, 2.75) is 96.7 Å². The summed E-state index contributed by atoms with van der Waals surface area (Å²) in [6.07, 6.45) is 9.78. The number of hydrogen-bond acceptors (Lipinski definition) is 3. The van der Waals surface area contributed by atoms with Crippen molar-refractivity contribution >= 4 is 6.09 Å². The van der Waals surface area contributed by atoms with Crippen LogP contribution in [0.15, 0.2) is 0 Å². The van der Waals surface area contributed by atoms with Crippen molar-refractivity contribution in [3.8, 4) is 0 Å². The smallest absolute Gasteiger partial charge is 0.407 e. The molecule has 1 amide bonds. The van der Waals surface area contributed by atoms with E-state index in [2.05, 4.69) is 17.6 Å². The van der Waals surface area contributed by atoms with Crippen LogP contribution in [0.4, 0.5) is 4.79 Å². The van der Waals surface area contributed by atoms with Gasteiger partial charge in [0.1, 0.15) is 5.60 Å². The Morgan fingerprint density at radius 2 is 1.74 bits per heavy atom. The average Bonchev–Trinajstić information content (AvgIpc) is 2.43. The summed E-state index contributed by atoms with van der Waals surface area (Å²) in [5.41, 5.74) is -0.423. The van der Waals surface area contributed by atoms with Crippen molar-refractivity contribution in [2.24, 2.45) is 11.8 Å². The normalized spacial score (nSPS) is 32.3. The van der Waals surface area contributed by atoms with Crippen molar-refractivity contribution in [2.75, 3.05) is 6.54 Å². The molecular weight excluding hydrogens is 288 g/mol. The summed E-state index contributed by atoms with van der Waals surface area (Å²) in [5, 5.41) is 6.82. The summed E-state index contributed by atoms with van der Waals surface area (Å²) < 4.78 is 5.37. The highest BCUT2D eigenvalue weighted by Gasteiger charge is 2.26. The molecular formula is C19H36N2O2. The van der Waals surface area contributed by atoms with Crippen molar-refractivity contribution in [3.63, 3.8) is 0 Å². The summed E-state index contributed by atoms with van der Waals surface area (Å²) in [5.74, 6) is 1.74. The molecule has 2 N–H and O–H groups in total. The first-order valence-electron chi connectivity index (χ1n) is 9.54. The van der Waals surface area contributed by atoms with Gasteiger partial charge in [-0.3, -0.25) is 0 Å². The number of alkyl carbamates (subject to hydrolysis) is 1. The molecule has 0 spiro atoms. The fourth-order valence-electron chi connectivity index (χ4n) is 4.06. The van der Waals surface area contributed by atoms with Gasteiger partial charge in [0.2, 0.25) is 0 Å². The van der Waals surface area contributed by atoms with E-state index in [0.717, 1.165) is 31.2 Å². The van der Waals surface area contributed by atoms with Gasteiger partial charge in [0, 0.05) is 12.1 Å². The first kappa shape index (κ1) is 18.6. The maximum atomic E-state index is 11.9. The van der Waals surface area contributed by atoms with Gasteiger partial charge in [-0.1, -0.05) is 19.8 Å². The highest BCUT2D eigenvalue weighted by atomic mass is 16.6. The zero-order valence-corrected chi connectivity index (χ0v) is 15.5. The van der Waals surface area contributed by atoms with E-state index in [4.69, 9.17) is 4.74 Å². The van der Waals surface area contributed by atoms with Gasteiger partial charge in [-0.2, -0.15) is 0 Å². The third-order valence-corrected chi connectivity index (χ3v) is 5.14. The molecule has 4 heteroatoms. The highest BCUT2D eigenvalue weighted by molar-refractivity contribution is 5.68. The maximum Gasteiger partial charge on any atom is 0.407 e. The summed E-state index contributed by atoms with van der Waals surface area (Å²) in [6.45, 7) is 9.25. The SMILES string of the molecule is CC1CCCC(CNC2CCCC(NC(=O)OC(C)(C)C)C2)C1. The number of rotatable bonds is 4. The zero-order chi connectivity index (χ0) is 16.9. The molecule has 0 aromatic rings. The lowest BCUT2D eigenvalue weighted by Crippen LogP contribution is -2.46. The lowest BCUT2D eigenvalue weighted by atomic mass is 9.82. The summed E-state index contributed by atoms with van der Waals surface area (Å²) in [4.78, 5) is 11.9. The molecule has 0 heterocycles. The molecule has 4 nitrogen and oxygen atoms in total. The number of amides is 1. The third kappa shape index (κ3) is 7.11. The van der Waals surface area contributed by atoms with Crippen molar-refractivity contribution in [3.05, 3.63) is 0 Å². The predicted octanol–water partition coefficient (Wildman–Crippen LogP) is 4.24. The van der Waals surface area contributed by atoms with Crippen molar-refractivity contribution < 1.29 is 9.53 Å². The van der Waals surface area contributed by atoms with E-state index < -0.39 is 5.60 Å². The van der Waals surface area contributed by atoms with E-state index in [1.54, 1.807) is 0 Å². The lowest BCUT2D eigenvalue weighted by molar-refractivity contribution is 0.0488. The Hall–Kier alpha value is -0.770. The molecule has 0 radical (unpaired) electrons. The van der Waals surface area contributed by atoms with Gasteiger partial charge in [-0.15, -0.1) is 0 Å². The second kappa shape index (κ2) is 8.36. The number of nitrogens with one attached hydrogen (secondary N) is 2. The second-order valence-electron chi connectivity index (χ2n) is 8.75. The van der Waals surface area contributed by atoms with E-state index in [1.165, 1.54) is 38.5 Å². The molecule has 2 aliphatic rings. The van der Waals surface area contributed by atoms with Crippen LogP contribution in [0.1, 0.15) is 79.1 Å². The van der Waals surface area contributed by atoms with Gasteiger partial charge in [0.25, 0.3) is 0 Å². The maximum absolute atomic E-state index is 11.9. The molecule has 0 aromatic carbocycles. The van der Waals surface area contributed by atoms with Gasteiger partial charge in [0.05, 0.1) is 0 Å². The van der Waals surface area contributed by atoms with Crippen molar-refractivity contribution in [1.82, 2.24) is 10.6 Å². The topological polar surface area (TPSA) is 50.4 Å². The number of carbonyl (C=O) groups excluding carboxylic acids is 1. The van der Waals surface area contributed by atoms with E-state index in [0.29, 0.717) is 6.04 Å². The fourth-order valence-corrected chi connectivity index (χ4v) is 4.06. The highest BCUT2D eigenvalue weighted by Crippen LogP contribution is 2.28. The van der Waals surface area contributed by atoms with Crippen LogP contribution < -0.4 is 10.6 Å². The number of carbonyl (C=O) groups is 1. The molecule has 23 heavy (non-hydrogen) atoms. The van der Waals surface area contributed by atoms with Crippen LogP contribution >= 0.6 is 0 Å². The van der Waals surface area contributed by atoms with Crippen LogP contribution in [0, 0.1) is 11.8 Å². The largest absolute Gasteiger partial charge is 0.444 e. The van der Waals surface area contributed by atoms with Crippen LogP contribution in [0.2, 0.25) is 0 Å². The Bertz CT molecular complexity index is 378. The molecule has 2 aliphatic carbocycles. The summed E-state index contributed by atoms with van der Waals surface area (Å²) >= 11 is 0. The Labute approximate surface area is 142 Å². The van der Waals surface area contributed by atoms with Crippen LogP contribution in [0.25, 0.3) is 0 Å². The molecule has 0 aromatic heterocycles. The quantitative estimate of drug-likeness (QED) is 0.813. The first-order valence-corrected chi connectivity index (χ1v) is 9.54. The van der Waals surface area contributed by atoms with Crippen LogP contribution in [-0.4, -0.2) is 30.3 Å². The Morgan fingerprint density at radius 1 is 1.04 bits per heavy atom. The molecule has 4 unspecified atom stereocenters.